The van der Waals surface area contributed by atoms with Crippen LogP contribution in [0.5, 0.6) is 0 Å². The van der Waals surface area contributed by atoms with E-state index in [9.17, 15) is 0 Å². The van der Waals surface area contributed by atoms with Gasteiger partial charge in [-0.05, 0) is 74.5 Å². The molecule has 0 radical (unpaired) electrons. The van der Waals surface area contributed by atoms with Crippen LogP contribution in [0.2, 0.25) is 0 Å². The molecule has 0 aliphatic rings. The fraction of sp³-hybridized carbons (Fsp3) is 0. The Labute approximate surface area is 297 Å². The maximum Gasteiger partial charge on any atom is 0.136 e. The van der Waals surface area contributed by atoms with Gasteiger partial charge in [-0.1, -0.05) is 109 Å². The molecule has 4 heterocycles. The summed E-state index contributed by atoms with van der Waals surface area (Å²) in [5, 5.41) is 14.0. The molecule has 0 fully saturated rings. The van der Waals surface area contributed by atoms with Crippen LogP contribution in [-0.4, -0.2) is 0 Å². The molecular formula is C46H24OS3. The molecule has 0 saturated heterocycles. The number of rotatable bonds is 2. The first-order chi connectivity index (χ1) is 24.8. The number of furan rings is 1. The third-order valence-electron chi connectivity index (χ3n) is 10.5. The average molecular weight is 689 g/mol. The molecule has 0 saturated carbocycles. The van der Waals surface area contributed by atoms with Gasteiger partial charge in [0.1, 0.15) is 11.2 Å². The number of thiophene rings is 3. The highest BCUT2D eigenvalue weighted by Gasteiger charge is 2.22. The summed E-state index contributed by atoms with van der Waals surface area (Å²) in [5.41, 5.74) is 5.76. The van der Waals surface area contributed by atoms with E-state index in [-0.39, 0.29) is 0 Å². The SMILES string of the molecule is c1ccc2c(c1)oc1cc3c(cc12)sc1cccc(-c2c4ccccc4c(-c4cc5ccc6c7ccccc7sc6c5s4)c4ccccc24)c13. The molecule has 12 rings (SSSR count). The third-order valence-corrected chi connectivity index (χ3v) is 14.1. The monoisotopic (exact) mass is 688 g/mol. The normalized spacial score (nSPS) is 12.4. The lowest BCUT2D eigenvalue weighted by Crippen LogP contribution is -1.90. The summed E-state index contributed by atoms with van der Waals surface area (Å²) in [7, 11) is 0. The van der Waals surface area contributed by atoms with Crippen molar-refractivity contribution in [1.29, 1.82) is 0 Å². The van der Waals surface area contributed by atoms with Gasteiger partial charge in [-0.2, -0.15) is 0 Å². The zero-order valence-electron chi connectivity index (χ0n) is 26.5. The van der Waals surface area contributed by atoms with Crippen LogP contribution in [0.1, 0.15) is 0 Å². The molecule has 232 valence electrons. The molecular weight excluding hydrogens is 665 g/mol. The van der Waals surface area contributed by atoms with Crippen molar-refractivity contribution in [3.8, 4) is 21.6 Å². The summed E-state index contributed by atoms with van der Waals surface area (Å²) in [6, 6.07) is 53.7. The summed E-state index contributed by atoms with van der Waals surface area (Å²) in [5.74, 6) is 0. The number of hydrogen-bond acceptors (Lipinski definition) is 4. The number of para-hydroxylation sites is 1. The van der Waals surface area contributed by atoms with Crippen molar-refractivity contribution in [3.05, 3.63) is 146 Å². The Kier molecular flexibility index (Phi) is 5.48. The minimum atomic E-state index is 0.937. The molecule has 0 aliphatic carbocycles. The Bertz CT molecular complexity index is 3330. The van der Waals surface area contributed by atoms with E-state index in [2.05, 4.69) is 140 Å². The van der Waals surface area contributed by atoms with Gasteiger partial charge in [0, 0.05) is 56.9 Å². The highest BCUT2D eigenvalue weighted by molar-refractivity contribution is 7.32. The van der Waals surface area contributed by atoms with Crippen molar-refractivity contribution in [2.45, 2.75) is 0 Å². The van der Waals surface area contributed by atoms with E-state index < -0.39 is 0 Å². The van der Waals surface area contributed by atoms with E-state index in [0.29, 0.717) is 0 Å². The van der Waals surface area contributed by atoms with E-state index in [1.54, 1.807) is 0 Å². The van der Waals surface area contributed by atoms with Crippen LogP contribution in [0.3, 0.4) is 0 Å². The second kappa shape index (κ2) is 10.0. The largest absolute Gasteiger partial charge is 0.456 e. The molecule has 4 aromatic heterocycles. The van der Waals surface area contributed by atoms with Crippen molar-refractivity contribution in [3.63, 3.8) is 0 Å². The molecule has 1 nitrogen and oxygen atoms in total. The number of benzene rings is 8. The van der Waals surface area contributed by atoms with Crippen molar-refractivity contribution in [1.82, 2.24) is 0 Å². The quantitative estimate of drug-likeness (QED) is 0.165. The maximum absolute atomic E-state index is 6.40. The summed E-state index contributed by atoms with van der Waals surface area (Å²) >= 11 is 5.73. The summed E-state index contributed by atoms with van der Waals surface area (Å²) < 4.78 is 13.1. The lowest BCUT2D eigenvalue weighted by atomic mass is 9.86. The molecule has 0 amide bonds. The van der Waals surface area contributed by atoms with Crippen molar-refractivity contribution >= 4 is 128 Å². The Balaban J connectivity index is 1.17. The van der Waals surface area contributed by atoms with Crippen LogP contribution in [0.25, 0.3) is 115 Å². The predicted octanol–water partition coefficient (Wildman–Crippen LogP) is 15.2. The van der Waals surface area contributed by atoms with E-state index in [1.807, 2.05) is 40.1 Å². The van der Waals surface area contributed by atoms with Crippen LogP contribution in [0.15, 0.2) is 150 Å². The van der Waals surface area contributed by atoms with Crippen molar-refractivity contribution < 1.29 is 4.42 Å². The molecule has 0 bridgehead atoms. The number of hydrogen-bond donors (Lipinski definition) is 0. The van der Waals surface area contributed by atoms with E-state index in [0.717, 1.165) is 11.2 Å². The molecule has 0 spiro atoms. The molecule has 8 aromatic carbocycles. The third kappa shape index (κ3) is 3.65. The molecule has 0 N–H and O–H groups in total. The summed E-state index contributed by atoms with van der Waals surface area (Å²) in [4.78, 5) is 1.32. The first-order valence-corrected chi connectivity index (χ1v) is 19.3. The molecule has 0 atom stereocenters. The van der Waals surface area contributed by atoms with Crippen LogP contribution in [-0.2, 0) is 0 Å². The molecule has 0 aliphatic heterocycles. The van der Waals surface area contributed by atoms with Gasteiger partial charge >= 0.3 is 0 Å². The minimum Gasteiger partial charge on any atom is -0.456 e. The topological polar surface area (TPSA) is 13.1 Å². The summed E-state index contributed by atoms with van der Waals surface area (Å²) in [6.07, 6.45) is 0. The first-order valence-electron chi connectivity index (χ1n) is 16.8. The maximum atomic E-state index is 6.40. The van der Waals surface area contributed by atoms with Crippen LogP contribution >= 0.6 is 34.0 Å². The molecule has 12 aromatic rings. The highest BCUT2D eigenvalue weighted by atomic mass is 32.1. The Hall–Kier alpha value is -5.52. The van der Waals surface area contributed by atoms with Gasteiger partial charge in [0.2, 0.25) is 0 Å². The van der Waals surface area contributed by atoms with Gasteiger partial charge in [0.05, 0.1) is 9.40 Å². The van der Waals surface area contributed by atoms with Crippen LogP contribution in [0, 0.1) is 0 Å². The molecule has 50 heavy (non-hydrogen) atoms. The van der Waals surface area contributed by atoms with Gasteiger partial charge < -0.3 is 4.42 Å². The second-order valence-corrected chi connectivity index (χ2v) is 16.3. The van der Waals surface area contributed by atoms with Crippen LogP contribution in [0.4, 0.5) is 0 Å². The van der Waals surface area contributed by atoms with Gasteiger partial charge in [0.15, 0.2) is 0 Å². The Morgan fingerprint density at radius 3 is 1.84 bits per heavy atom. The van der Waals surface area contributed by atoms with Crippen molar-refractivity contribution in [2.75, 3.05) is 0 Å². The fourth-order valence-electron chi connectivity index (χ4n) is 8.34. The smallest absolute Gasteiger partial charge is 0.136 e. The van der Waals surface area contributed by atoms with Crippen LogP contribution < -0.4 is 0 Å². The highest BCUT2D eigenvalue weighted by Crippen LogP contribution is 2.51. The predicted molar refractivity (Wildman–Crippen MR) is 221 cm³/mol. The fourth-order valence-corrected chi connectivity index (χ4v) is 12.1. The Morgan fingerprint density at radius 2 is 1.04 bits per heavy atom. The summed E-state index contributed by atoms with van der Waals surface area (Å²) in [6.45, 7) is 0. The standard InChI is InChI=1S/C46H24OS3/c1-3-14-30-28(12-1)42(33-16-9-19-39-44(33)35-23-37-34(24-40(35)48-39)26-10-5-7-17-36(26)47-37)29-13-2-4-15-31(29)43(30)41-22-25-20-21-32-27-11-6-8-18-38(27)49-46(32)45(25)50-41/h1-24H. The van der Waals surface area contributed by atoms with E-state index in [1.165, 1.54) is 104 Å². The van der Waals surface area contributed by atoms with Crippen molar-refractivity contribution in [2.24, 2.45) is 0 Å². The van der Waals surface area contributed by atoms with Gasteiger partial charge in [-0.25, -0.2) is 0 Å². The zero-order valence-corrected chi connectivity index (χ0v) is 28.9. The lowest BCUT2D eigenvalue weighted by Gasteiger charge is -2.17. The van der Waals surface area contributed by atoms with E-state index >= 15 is 0 Å². The zero-order chi connectivity index (χ0) is 32.5. The lowest BCUT2D eigenvalue weighted by molar-refractivity contribution is 0.669. The molecule has 0 unspecified atom stereocenters. The number of fused-ring (bicyclic) bond motifs is 13. The second-order valence-electron chi connectivity index (χ2n) is 13.1. The first kappa shape index (κ1) is 27.3. The Morgan fingerprint density at radius 1 is 0.360 bits per heavy atom. The van der Waals surface area contributed by atoms with E-state index in [4.69, 9.17) is 4.42 Å². The minimum absolute atomic E-state index is 0.937. The average Bonchev–Trinajstić information content (AvgIpc) is 3.93. The van der Waals surface area contributed by atoms with Gasteiger partial charge in [-0.15, -0.1) is 34.0 Å². The van der Waals surface area contributed by atoms with Gasteiger partial charge in [0.25, 0.3) is 0 Å². The van der Waals surface area contributed by atoms with Gasteiger partial charge in [-0.3, -0.25) is 0 Å². The molecule has 4 heteroatoms.